The van der Waals surface area contributed by atoms with Gasteiger partial charge in [-0.05, 0) is 30.5 Å². The summed E-state index contributed by atoms with van der Waals surface area (Å²) in [6, 6.07) is 37.2. The van der Waals surface area contributed by atoms with Gasteiger partial charge in [0.1, 0.15) is 8.07 Å². The van der Waals surface area contributed by atoms with Gasteiger partial charge < -0.3 is 4.90 Å². The lowest BCUT2D eigenvalue weighted by atomic mass is 10.1. The van der Waals surface area contributed by atoms with Gasteiger partial charge in [-0.1, -0.05) is 89.2 Å². The number of benzene rings is 3. The number of nitrogens with zero attached hydrogens (tertiary/aromatic N) is 2. The quantitative estimate of drug-likeness (QED) is 0.545. The van der Waals surface area contributed by atoms with Crippen LogP contribution in [0.1, 0.15) is 0 Å². The molecule has 4 heteroatoms. The van der Waals surface area contributed by atoms with Crippen LogP contribution in [0.15, 0.2) is 91.0 Å². The molecule has 2 fully saturated rings. The lowest BCUT2D eigenvalue weighted by Crippen LogP contribution is -2.57. The molecule has 2 aliphatic rings. The van der Waals surface area contributed by atoms with Crippen LogP contribution in [0.25, 0.3) is 0 Å². The first-order chi connectivity index (χ1) is 15.3. The zero-order valence-corrected chi connectivity index (χ0v) is 20.2. The first kappa shape index (κ1) is 20.9. The molecule has 2 aliphatic heterocycles. The summed E-state index contributed by atoms with van der Waals surface area (Å²) in [5.74, 6) is 0. The van der Waals surface area contributed by atoms with E-state index in [1.54, 1.807) is 10.4 Å². The molecule has 0 aliphatic carbocycles. The minimum Gasteiger partial charge on any atom is -0.369 e. The standard InChI is InChI=1S/C27H32N2SSi/c1-30-27-22-31(24-13-7-3-8-14-24,25-15-9-4-10-16-25)21-26(27)29-19-17-28(18-20-29)23-11-5-2-6-12-23/h2-16,26-27H,17-22H2,1H3/t26-,27-/m1/s1. The second-order valence-electron chi connectivity index (χ2n) is 8.92. The third kappa shape index (κ3) is 4.09. The molecule has 0 unspecified atom stereocenters. The van der Waals surface area contributed by atoms with Gasteiger partial charge in [0.2, 0.25) is 0 Å². The Kier molecular flexibility index (Phi) is 6.21. The van der Waals surface area contributed by atoms with Crippen molar-refractivity contribution in [3.63, 3.8) is 0 Å². The minimum atomic E-state index is -1.77. The van der Waals surface area contributed by atoms with Gasteiger partial charge in [0, 0.05) is 43.2 Å². The molecule has 2 atom stereocenters. The predicted molar refractivity (Wildman–Crippen MR) is 139 cm³/mol. The molecule has 2 heterocycles. The Labute approximate surface area is 192 Å². The summed E-state index contributed by atoms with van der Waals surface area (Å²) in [5.41, 5.74) is 1.37. The van der Waals surface area contributed by atoms with E-state index in [1.165, 1.54) is 30.9 Å². The van der Waals surface area contributed by atoms with Gasteiger partial charge in [-0.3, -0.25) is 4.90 Å². The molecule has 160 valence electrons. The highest BCUT2D eigenvalue weighted by molar-refractivity contribution is 7.99. The maximum atomic E-state index is 2.82. The summed E-state index contributed by atoms with van der Waals surface area (Å²) in [6.07, 6.45) is 2.33. The minimum absolute atomic E-state index is 0.681. The molecule has 0 spiro atoms. The van der Waals surface area contributed by atoms with Crippen molar-refractivity contribution in [2.45, 2.75) is 23.4 Å². The normalized spacial score (nSPS) is 23.7. The SMILES string of the molecule is CS[C@@H]1C[Si](c2ccccc2)(c2ccccc2)C[C@H]1N1CCN(c2ccccc2)CC1. The Morgan fingerprint density at radius 2 is 1.19 bits per heavy atom. The van der Waals surface area contributed by atoms with Crippen LogP contribution in [0.2, 0.25) is 12.1 Å². The van der Waals surface area contributed by atoms with Crippen LogP contribution in [0.3, 0.4) is 0 Å². The van der Waals surface area contributed by atoms with E-state index in [-0.39, 0.29) is 0 Å². The number of para-hydroxylation sites is 1. The van der Waals surface area contributed by atoms with E-state index in [2.05, 4.69) is 119 Å². The largest absolute Gasteiger partial charge is 0.369 e. The molecule has 2 nitrogen and oxygen atoms in total. The van der Waals surface area contributed by atoms with Crippen molar-refractivity contribution in [1.82, 2.24) is 4.90 Å². The lowest BCUT2D eigenvalue weighted by Gasteiger charge is -2.41. The summed E-state index contributed by atoms with van der Waals surface area (Å²) in [7, 11) is -1.77. The van der Waals surface area contributed by atoms with Gasteiger partial charge >= 0.3 is 0 Å². The molecule has 0 saturated carbocycles. The van der Waals surface area contributed by atoms with Crippen LogP contribution in [-0.2, 0) is 0 Å². The van der Waals surface area contributed by atoms with Crippen LogP contribution >= 0.6 is 11.8 Å². The van der Waals surface area contributed by atoms with Crippen LogP contribution in [0.5, 0.6) is 0 Å². The molecule has 0 bridgehead atoms. The van der Waals surface area contributed by atoms with Crippen LogP contribution in [0, 0.1) is 0 Å². The van der Waals surface area contributed by atoms with Crippen molar-refractivity contribution in [1.29, 1.82) is 0 Å². The monoisotopic (exact) mass is 444 g/mol. The van der Waals surface area contributed by atoms with Gasteiger partial charge in [0.25, 0.3) is 0 Å². The number of piperazine rings is 1. The Balaban J connectivity index is 1.40. The maximum Gasteiger partial charge on any atom is 0.120 e. The Morgan fingerprint density at radius 3 is 1.71 bits per heavy atom. The number of thioether (sulfide) groups is 1. The van der Waals surface area contributed by atoms with Crippen molar-refractivity contribution in [2.75, 3.05) is 37.3 Å². The van der Waals surface area contributed by atoms with E-state index < -0.39 is 8.07 Å². The zero-order valence-electron chi connectivity index (χ0n) is 18.4. The average molecular weight is 445 g/mol. The molecule has 0 aromatic heterocycles. The third-order valence-electron chi connectivity index (χ3n) is 7.40. The highest BCUT2D eigenvalue weighted by atomic mass is 32.2. The van der Waals surface area contributed by atoms with Gasteiger partial charge in [0.05, 0.1) is 0 Å². The Bertz CT molecular complexity index is 919. The van der Waals surface area contributed by atoms with Gasteiger partial charge in [-0.15, -0.1) is 0 Å². The topological polar surface area (TPSA) is 6.48 Å². The summed E-state index contributed by atoms with van der Waals surface area (Å²) in [6.45, 7) is 4.61. The van der Waals surface area contributed by atoms with Crippen molar-refractivity contribution in [2.24, 2.45) is 0 Å². The van der Waals surface area contributed by atoms with E-state index in [1.807, 2.05) is 0 Å². The number of hydrogen-bond donors (Lipinski definition) is 0. The average Bonchev–Trinajstić information content (AvgIpc) is 3.27. The fourth-order valence-corrected chi connectivity index (χ4v) is 13.4. The highest BCUT2D eigenvalue weighted by Gasteiger charge is 2.51. The van der Waals surface area contributed by atoms with Crippen molar-refractivity contribution in [3.8, 4) is 0 Å². The van der Waals surface area contributed by atoms with E-state index in [0.29, 0.717) is 6.04 Å². The van der Waals surface area contributed by atoms with Gasteiger partial charge in [-0.2, -0.15) is 11.8 Å². The van der Waals surface area contributed by atoms with Gasteiger partial charge in [0.15, 0.2) is 0 Å². The number of hydrogen-bond acceptors (Lipinski definition) is 3. The number of anilines is 1. The summed E-state index contributed by atoms with van der Waals surface area (Å²) in [5, 5.41) is 3.95. The van der Waals surface area contributed by atoms with Gasteiger partial charge in [-0.25, -0.2) is 0 Å². The summed E-state index contributed by atoms with van der Waals surface area (Å²) in [4.78, 5) is 5.37. The van der Waals surface area contributed by atoms with Crippen LogP contribution in [-0.4, -0.2) is 56.7 Å². The number of rotatable bonds is 5. The molecule has 0 radical (unpaired) electrons. The summed E-state index contributed by atoms with van der Waals surface area (Å²) >= 11 is 2.10. The molecule has 3 aromatic carbocycles. The molecule has 0 amide bonds. The van der Waals surface area contributed by atoms with E-state index in [9.17, 15) is 0 Å². The molecule has 31 heavy (non-hydrogen) atoms. The second-order valence-corrected chi connectivity index (χ2v) is 14.1. The third-order valence-corrected chi connectivity index (χ3v) is 13.9. The Morgan fingerprint density at radius 1 is 0.677 bits per heavy atom. The van der Waals surface area contributed by atoms with Crippen molar-refractivity contribution < 1.29 is 0 Å². The van der Waals surface area contributed by atoms with Crippen molar-refractivity contribution in [3.05, 3.63) is 91.0 Å². The zero-order chi connectivity index (χ0) is 21.1. The lowest BCUT2D eigenvalue weighted by molar-refractivity contribution is 0.202. The maximum absolute atomic E-state index is 2.82. The van der Waals surface area contributed by atoms with E-state index in [4.69, 9.17) is 0 Å². The Hall–Kier alpha value is -2.01. The molecule has 2 saturated heterocycles. The molecular weight excluding hydrogens is 412 g/mol. The molecule has 3 aromatic rings. The fourth-order valence-electron chi connectivity index (χ4n) is 5.76. The molecule has 5 rings (SSSR count). The molecule has 0 N–H and O–H groups in total. The summed E-state index contributed by atoms with van der Waals surface area (Å²) < 4.78 is 0. The van der Waals surface area contributed by atoms with Crippen LogP contribution in [0.4, 0.5) is 5.69 Å². The fraction of sp³-hybridized carbons (Fsp3) is 0.333. The smallest absolute Gasteiger partial charge is 0.120 e. The second kappa shape index (κ2) is 9.23. The first-order valence-corrected chi connectivity index (χ1v) is 15.2. The van der Waals surface area contributed by atoms with E-state index >= 15 is 0 Å². The van der Waals surface area contributed by atoms with Crippen LogP contribution < -0.4 is 15.3 Å². The van der Waals surface area contributed by atoms with E-state index in [0.717, 1.165) is 18.3 Å². The molecular formula is C27H32N2SSi. The predicted octanol–water partition coefficient (Wildman–Crippen LogP) is 4.19. The van der Waals surface area contributed by atoms with Crippen molar-refractivity contribution >= 4 is 35.9 Å². The highest BCUT2D eigenvalue weighted by Crippen LogP contribution is 2.40. The first-order valence-electron chi connectivity index (χ1n) is 11.5.